The summed E-state index contributed by atoms with van der Waals surface area (Å²) in [6.07, 6.45) is 0.142. The van der Waals surface area contributed by atoms with E-state index in [-0.39, 0.29) is 11.3 Å². The number of nitrogens with one attached hydrogen (secondary N) is 2. The minimum atomic E-state index is -4.04. The molecule has 0 fully saturated rings. The number of hydrogen-bond donors (Lipinski definition) is 2. The molecule has 0 unspecified atom stereocenters. The van der Waals surface area contributed by atoms with Gasteiger partial charge in [0, 0.05) is 5.69 Å². The van der Waals surface area contributed by atoms with Crippen molar-refractivity contribution in [2.45, 2.75) is 17.4 Å². The van der Waals surface area contributed by atoms with Gasteiger partial charge in [-0.25, -0.2) is 12.8 Å². The van der Waals surface area contributed by atoms with Crippen molar-refractivity contribution in [3.63, 3.8) is 0 Å². The minimum absolute atomic E-state index is 0.126. The van der Waals surface area contributed by atoms with Gasteiger partial charge in [0.05, 0.1) is 12.0 Å². The molecule has 3 aromatic carbocycles. The molecule has 6 nitrogen and oxygen atoms in total. The van der Waals surface area contributed by atoms with Crippen LogP contribution in [0.2, 0.25) is 0 Å². The second-order valence-electron chi connectivity index (χ2n) is 6.54. The third kappa shape index (κ3) is 5.65. The third-order valence-corrected chi connectivity index (χ3v) is 5.87. The molecular weight excluding hydrogens is 407 g/mol. The lowest BCUT2D eigenvalue weighted by Crippen LogP contribution is -2.45. The predicted molar refractivity (Wildman–Crippen MR) is 112 cm³/mol. The fraction of sp³-hybridized carbons (Fsp3) is 0.136. The molecule has 156 valence electrons. The molecule has 3 aromatic rings. The number of benzene rings is 3. The Morgan fingerprint density at radius 2 is 1.60 bits per heavy atom. The minimum Gasteiger partial charge on any atom is -0.497 e. The van der Waals surface area contributed by atoms with Gasteiger partial charge < -0.3 is 10.1 Å². The Hall–Kier alpha value is -3.23. The summed E-state index contributed by atoms with van der Waals surface area (Å²) < 4.78 is 46.2. The van der Waals surface area contributed by atoms with Crippen molar-refractivity contribution in [2.24, 2.45) is 0 Å². The maximum Gasteiger partial charge on any atom is 0.242 e. The van der Waals surface area contributed by atoms with Crippen LogP contribution < -0.4 is 14.8 Å². The Morgan fingerprint density at radius 3 is 2.20 bits per heavy atom. The van der Waals surface area contributed by atoms with Crippen LogP contribution in [0.4, 0.5) is 10.1 Å². The van der Waals surface area contributed by atoms with E-state index in [2.05, 4.69) is 10.0 Å². The number of carbonyl (C=O) groups is 1. The molecule has 1 atom stereocenters. The largest absolute Gasteiger partial charge is 0.497 e. The second-order valence-corrected chi connectivity index (χ2v) is 8.25. The maximum absolute atomic E-state index is 13.2. The van der Waals surface area contributed by atoms with E-state index in [4.69, 9.17) is 4.74 Å². The SMILES string of the molecule is COc1ccc(NC(=O)[C@@H](Cc2ccccc2)NS(=O)(=O)c2ccc(F)cc2)cc1. The standard InChI is InChI=1S/C22H21FN2O4S/c1-29-19-11-9-18(10-12-19)24-22(26)21(15-16-5-3-2-4-6-16)25-30(27,28)20-13-7-17(23)8-14-20/h2-14,21,25H,15H2,1H3,(H,24,26)/t21-/m1/s1. The first kappa shape index (κ1) is 21.5. The average molecular weight is 428 g/mol. The summed E-state index contributed by atoms with van der Waals surface area (Å²) in [5.74, 6) is -0.437. The number of amides is 1. The molecule has 1 amide bonds. The molecule has 3 rings (SSSR count). The first-order valence-electron chi connectivity index (χ1n) is 9.14. The smallest absolute Gasteiger partial charge is 0.242 e. The molecule has 8 heteroatoms. The van der Waals surface area contributed by atoms with Gasteiger partial charge >= 0.3 is 0 Å². The van der Waals surface area contributed by atoms with E-state index >= 15 is 0 Å². The number of anilines is 1. The van der Waals surface area contributed by atoms with E-state index in [1.54, 1.807) is 36.4 Å². The van der Waals surface area contributed by atoms with Gasteiger partial charge in [-0.15, -0.1) is 0 Å². The summed E-state index contributed by atoms with van der Waals surface area (Å²) in [5.41, 5.74) is 1.29. The van der Waals surface area contributed by atoms with E-state index in [1.165, 1.54) is 7.11 Å². The van der Waals surface area contributed by atoms with E-state index in [1.807, 2.05) is 18.2 Å². The highest BCUT2D eigenvalue weighted by Crippen LogP contribution is 2.17. The second kappa shape index (κ2) is 9.51. The van der Waals surface area contributed by atoms with Crippen LogP contribution in [0.5, 0.6) is 5.75 Å². The van der Waals surface area contributed by atoms with Crippen LogP contribution in [0, 0.1) is 5.82 Å². The quantitative estimate of drug-likeness (QED) is 0.576. The van der Waals surface area contributed by atoms with Gasteiger partial charge in [-0.1, -0.05) is 30.3 Å². The zero-order valence-corrected chi connectivity index (χ0v) is 17.0. The number of hydrogen-bond acceptors (Lipinski definition) is 4. The van der Waals surface area contributed by atoms with Crippen LogP contribution in [-0.2, 0) is 21.2 Å². The number of sulfonamides is 1. The third-order valence-electron chi connectivity index (χ3n) is 4.38. The first-order valence-corrected chi connectivity index (χ1v) is 10.6. The van der Waals surface area contributed by atoms with Crippen LogP contribution in [0.15, 0.2) is 83.8 Å². The van der Waals surface area contributed by atoms with Crippen LogP contribution in [0.3, 0.4) is 0 Å². The monoisotopic (exact) mass is 428 g/mol. The molecule has 0 aliphatic rings. The van der Waals surface area contributed by atoms with E-state index in [0.717, 1.165) is 29.8 Å². The summed E-state index contributed by atoms with van der Waals surface area (Å²) in [7, 11) is -2.51. The number of rotatable bonds is 8. The van der Waals surface area contributed by atoms with Gasteiger partial charge in [0.2, 0.25) is 15.9 Å². The topological polar surface area (TPSA) is 84.5 Å². The van der Waals surface area contributed by atoms with Crippen molar-refractivity contribution in [2.75, 3.05) is 12.4 Å². The van der Waals surface area contributed by atoms with E-state index in [0.29, 0.717) is 11.4 Å². The fourth-order valence-electron chi connectivity index (χ4n) is 2.81. The van der Waals surface area contributed by atoms with Gasteiger partial charge in [-0.05, 0) is 60.5 Å². The summed E-state index contributed by atoms with van der Waals surface area (Å²) >= 11 is 0. The molecule has 0 radical (unpaired) electrons. The van der Waals surface area contributed by atoms with E-state index in [9.17, 15) is 17.6 Å². The first-order chi connectivity index (χ1) is 14.4. The van der Waals surface area contributed by atoms with Crippen molar-refractivity contribution < 1.29 is 22.3 Å². The summed E-state index contributed by atoms with van der Waals surface area (Å²) in [5, 5.41) is 2.72. The molecule has 0 aliphatic heterocycles. The van der Waals surface area contributed by atoms with Crippen LogP contribution in [0.25, 0.3) is 0 Å². The molecule has 0 saturated carbocycles. The number of halogens is 1. The summed E-state index contributed by atoms with van der Waals surface area (Å²) in [6.45, 7) is 0. The van der Waals surface area contributed by atoms with Crippen LogP contribution in [0.1, 0.15) is 5.56 Å². The van der Waals surface area contributed by atoms with Crippen molar-refractivity contribution in [3.05, 3.63) is 90.2 Å². The lowest BCUT2D eigenvalue weighted by atomic mass is 10.1. The number of ether oxygens (including phenoxy) is 1. The predicted octanol–water partition coefficient (Wildman–Crippen LogP) is 3.36. The van der Waals surface area contributed by atoms with Crippen molar-refractivity contribution in [1.29, 1.82) is 0 Å². The lowest BCUT2D eigenvalue weighted by Gasteiger charge is -2.19. The molecule has 2 N–H and O–H groups in total. The van der Waals surface area contributed by atoms with Gasteiger partial charge in [-0.2, -0.15) is 4.72 Å². The van der Waals surface area contributed by atoms with Gasteiger partial charge in [0.1, 0.15) is 17.6 Å². The molecule has 0 aromatic heterocycles. The van der Waals surface area contributed by atoms with Crippen LogP contribution >= 0.6 is 0 Å². The summed E-state index contributed by atoms with van der Waals surface area (Å²) in [6, 6.07) is 19.1. The highest BCUT2D eigenvalue weighted by atomic mass is 32.2. The Bertz CT molecular complexity index is 1090. The molecule has 0 aliphatic carbocycles. The van der Waals surface area contributed by atoms with Crippen molar-refractivity contribution in [1.82, 2.24) is 4.72 Å². The highest BCUT2D eigenvalue weighted by molar-refractivity contribution is 7.89. The van der Waals surface area contributed by atoms with Gasteiger partial charge in [-0.3, -0.25) is 4.79 Å². The fourth-order valence-corrected chi connectivity index (χ4v) is 4.01. The van der Waals surface area contributed by atoms with Crippen LogP contribution in [-0.4, -0.2) is 27.5 Å². The van der Waals surface area contributed by atoms with Crippen molar-refractivity contribution in [3.8, 4) is 5.75 Å². The van der Waals surface area contributed by atoms with E-state index < -0.39 is 27.8 Å². The van der Waals surface area contributed by atoms with Crippen molar-refractivity contribution >= 4 is 21.6 Å². The average Bonchev–Trinajstić information content (AvgIpc) is 2.74. The normalized spacial score (nSPS) is 12.2. The Morgan fingerprint density at radius 1 is 0.967 bits per heavy atom. The van der Waals surface area contributed by atoms with Gasteiger partial charge in [0.25, 0.3) is 0 Å². The lowest BCUT2D eigenvalue weighted by molar-refractivity contribution is -0.117. The number of carbonyl (C=O) groups excluding carboxylic acids is 1. The zero-order chi connectivity index (χ0) is 21.6. The highest BCUT2D eigenvalue weighted by Gasteiger charge is 2.26. The number of methoxy groups -OCH3 is 1. The Kier molecular flexibility index (Phi) is 6.81. The zero-order valence-electron chi connectivity index (χ0n) is 16.2. The Balaban J connectivity index is 1.83. The molecular formula is C22H21FN2O4S. The molecule has 30 heavy (non-hydrogen) atoms. The van der Waals surface area contributed by atoms with Gasteiger partial charge in [0.15, 0.2) is 0 Å². The molecule has 0 spiro atoms. The molecule has 0 bridgehead atoms. The molecule has 0 saturated heterocycles. The summed E-state index contributed by atoms with van der Waals surface area (Å²) in [4.78, 5) is 12.8. The molecule has 0 heterocycles. The maximum atomic E-state index is 13.2. The Labute approximate surface area is 174 Å².